The molecule has 1 N–H and O–H groups in total. The monoisotopic (exact) mass is 333 g/mol. The van der Waals surface area contributed by atoms with Crippen LogP contribution in [-0.4, -0.2) is 31.1 Å². The highest BCUT2D eigenvalue weighted by atomic mass is 35.5. The third-order valence-corrected chi connectivity index (χ3v) is 3.75. The number of halogens is 1. The predicted octanol–water partition coefficient (Wildman–Crippen LogP) is 3.84. The van der Waals surface area contributed by atoms with E-state index in [0.29, 0.717) is 22.2 Å². The van der Waals surface area contributed by atoms with Gasteiger partial charge in [-0.1, -0.05) is 11.6 Å². The number of nitrogens with zero attached hydrogens (tertiary/aromatic N) is 2. The molecule has 6 heteroatoms. The Labute approximate surface area is 141 Å². The molecule has 1 heterocycles. The van der Waals surface area contributed by atoms with Crippen molar-refractivity contribution in [1.29, 1.82) is 0 Å². The number of rotatable bonds is 6. The van der Waals surface area contributed by atoms with E-state index in [-0.39, 0.29) is 5.91 Å². The van der Waals surface area contributed by atoms with Crippen LogP contribution in [0.2, 0.25) is 5.02 Å². The Hall–Kier alpha value is -2.27. The van der Waals surface area contributed by atoms with Crippen LogP contribution < -0.4 is 15.0 Å². The third kappa shape index (κ3) is 4.13. The Bertz CT molecular complexity index is 670. The third-order valence-electron chi connectivity index (χ3n) is 3.52. The molecule has 0 atom stereocenters. The fraction of sp³-hybridized carbons (Fsp3) is 0.294. The first-order valence-electron chi connectivity index (χ1n) is 7.44. The number of carbonyl (C=O) groups is 1. The van der Waals surface area contributed by atoms with Gasteiger partial charge < -0.3 is 15.0 Å². The average molecular weight is 334 g/mol. The fourth-order valence-corrected chi connectivity index (χ4v) is 2.43. The number of pyridine rings is 1. The lowest BCUT2D eigenvalue weighted by atomic mass is 10.2. The van der Waals surface area contributed by atoms with Gasteiger partial charge in [0.1, 0.15) is 11.4 Å². The number of carbonyl (C=O) groups excluding carboxylic acids is 1. The van der Waals surface area contributed by atoms with Gasteiger partial charge in [-0.25, -0.2) is 4.98 Å². The highest BCUT2D eigenvalue weighted by molar-refractivity contribution is 6.31. The Morgan fingerprint density at radius 3 is 2.57 bits per heavy atom. The Balaban J connectivity index is 2.17. The summed E-state index contributed by atoms with van der Waals surface area (Å²) >= 11 is 5.96. The van der Waals surface area contributed by atoms with E-state index in [1.807, 2.05) is 6.07 Å². The van der Waals surface area contributed by atoms with Crippen LogP contribution in [0.15, 0.2) is 36.5 Å². The van der Waals surface area contributed by atoms with Crippen LogP contribution in [0, 0.1) is 0 Å². The standard InChI is InChI=1S/C17H20ClN3O2/c1-4-21(5-2)13-7-8-14(19-11-13)17(22)20-15-10-12(18)6-9-16(15)23-3/h6-11H,4-5H2,1-3H3,(H,20,22). The molecule has 0 saturated carbocycles. The van der Waals surface area contributed by atoms with Gasteiger partial charge in [0.05, 0.1) is 24.7 Å². The van der Waals surface area contributed by atoms with Crippen molar-refractivity contribution in [2.24, 2.45) is 0 Å². The van der Waals surface area contributed by atoms with Crippen LogP contribution in [0.5, 0.6) is 5.75 Å². The van der Waals surface area contributed by atoms with Gasteiger partial charge in [0.15, 0.2) is 0 Å². The second-order valence-electron chi connectivity index (χ2n) is 4.87. The summed E-state index contributed by atoms with van der Waals surface area (Å²) in [7, 11) is 1.54. The van der Waals surface area contributed by atoms with Gasteiger partial charge in [0, 0.05) is 18.1 Å². The summed E-state index contributed by atoms with van der Waals surface area (Å²) in [6.45, 7) is 5.94. The molecule has 0 fully saturated rings. The number of hydrogen-bond acceptors (Lipinski definition) is 4. The fourth-order valence-electron chi connectivity index (χ4n) is 2.26. The van der Waals surface area contributed by atoms with Gasteiger partial charge in [0.2, 0.25) is 0 Å². The maximum Gasteiger partial charge on any atom is 0.274 e. The van der Waals surface area contributed by atoms with Crippen molar-refractivity contribution in [3.8, 4) is 5.75 Å². The summed E-state index contributed by atoms with van der Waals surface area (Å²) in [5.74, 6) is 0.235. The molecule has 1 amide bonds. The van der Waals surface area contributed by atoms with Crippen molar-refractivity contribution < 1.29 is 9.53 Å². The number of nitrogens with one attached hydrogen (secondary N) is 1. The predicted molar refractivity (Wildman–Crippen MR) is 93.8 cm³/mol. The molecule has 2 rings (SSSR count). The molecule has 0 aliphatic heterocycles. The van der Waals surface area contributed by atoms with Gasteiger partial charge in [-0.15, -0.1) is 0 Å². The number of methoxy groups -OCH3 is 1. The van der Waals surface area contributed by atoms with Crippen molar-refractivity contribution in [2.75, 3.05) is 30.4 Å². The molecular weight excluding hydrogens is 314 g/mol. The van der Waals surface area contributed by atoms with E-state index in [0.717, 1.165) is 18.8 Å². The maximum absolute atomic E-state index is 12.3. The van der Waals surface area contributed by atoms with E-state index in [1.165, 1.54) is 7.11 Å². The van der Waals surface area contributed by atoms with Crippen molar-refractivity contribution in [3.63, 3.8) is 0 Å². The summed E-state index contributed by atoms with van der Waals surface area (Å²) in [5.41, 5.74) is 1.84. The summed E-state index contributed by atoms with van der Waals surface area (Å²) in [6.07, 6.45) is 1.71. The van der Waals surface area contributed by atoms with Crippen LogP contribution in [0.25, 0.3) is 0 Å². The maximum atomic E-state index is 12.3. The second kappa shape index (κ2) is 7.83. The summed E-state index contributed by atoms with van der Waals surface area (Å²) < 4.78 is 5.22. The molecule has 1 aromatic carbocycles. The van der Waals surface area contributed by atoms with E-state index < -0.39 is 0 Å². The summed E-state index contributed by atoms with van der Waals surface area (Å²) in [4.78, 5) is 18.7. The number of hydrogen-bond donors (Lipinski definition) is 1. The minimum Gasteiger partial charge on any atom is -0.495 e. The van der Waals surface area contributed by atoms with E-state index in [4.69, 9.17) is 16.3 Å². The smallest absolute Gasteiger partial charge is 0.274 e. The molecule has 23 heavy (non-hydrogen) atoms. The minimum atomic E-state index is -0.309. The molecule has 0 radical (unpaired) electrons. The first-order valence-corrected chi connectivity index (χ1v) is 7.82. The van der Waals surface area contributed by atoms with Crippen molar-refractivity contribution >= 4 is 28.9 Å². The number of anilines is 2. The zero-order chi connectivity index (χ0) is 16.8. The van der Waals surface area contributed by atoms with Crippen LogP contribution in [0.4, 0.5) is 11.4 Å². The van der Waals surface area contributed by atoms with Crippen LogP contribution in [-0.2, 0) is 0 Å². The zero-order valence-electron chi connectivity index (χ0n) is 13.5. The molecule has 122 valence electrons. The topological polar surface area (TPSA) is 54.5 Å². The van der Waals surface area contributed by atoms with Gasteiger partial charge >= 0.3 is 0 Å². The van der Waals surface area contributed by atoms with Crippen LogP contribution >= 0.6 is 11.6 Å². The number of aromatic nitrogens is 1. The first kappa shape index (κ1) is 17.1. The first-order chi connectivity index (χ1) is 11.1. The lowest BCUT2D eigenvalue weighted by molar-refractivity contribution is 0.102. The average Bonchev–Trinajstić information content (AvgIpc) is 2.57. The van der Waals surface area contributed by atoms with E-state index in [9.17, 15) is 4.79 Å². The number of benzene rings is 1. The van der Waals surface area contributed by atoms with Gasteiger partial charge in [-0.3, -0.25) is 4.79 Å². The molecule has 0 saturated heterocycles. The van der Waals surface area contributed by atoms with Crippen molar-refractivity contribution in [2.45, 2.75) is 13.8 Å². The molecule has 0 aliphatic rings. The highest BCUT2D eigenvalue weighted by Gasteiger charge is 2.12. The molecule has 0 unspecified atom stereocenters. The van der Waals surface area contributed by atoms with Crippen LogP contribution in [0.1, 0.15) is 24.3 Å². The normalized spacial score (nSPS) is 10.3. The molecule has 1 aromatic heterocycles. The Kier molecular flexibility index (Phi) is 5.82. The van der Waals surface area contributed by atoms with E-state index in [2.05, 4.69) is 29.0 Å². The number of amides is 1. The molecule has 2 aromatic rings. The van der Waals surface area contributed by atoms with Crippen LogP contribution in [0.3, 0.4) is 0 Å². The van der Waals surface area contributed by atoms with Gasteiger partial charge in [0.25, 0.3) is 5.91 Å². The largest absolute Gasteiger partial charge is 0.495 e. The molecule has 5 nitrogen and oxygen atoms in total. The molecular formula is C17H20ClN3O2. The van der Waals surface area contributed by atoms with Crippen molar-refractivity contribution in [3.05, 3.63) is 47.2 Å². The minimum absolute atomic E-state index is 0.309. The zero-order valence-corrected chi connectivity index (χ0v) is 14.2. The second-order valence-corrected chi connectivity index (χ2v) is 5.31. The van der Waals surface area contributed by atoms with Gasteiger partial charge in [-0.05, 0) is 44.2 Å². The number of ether oxygens (including phenoxy) is 1. The Morgan fingerprint density at radius 1 is 1.26 bits per heavy atom. The van der Waals surface area contributed by atoms with E-state index >= 15 is 0 Å². The summed E-state index contributed by atoms with van der Waals surface area (Å²) in [6, 6.07) is 8.65. The molecule has 0 spiro atoms. The molecule has 0 aliphatic carbocycles. The van der Waals surface area contributed by atoms with Gasteiger partial charge in [-0.2, -0.15) is 0 Å². The SMILES string of the molecule is CCN(CC)c1ccc(C(=O)Nc2cc(Cl)ccc2OC)nc1. The van der Waals surface area contributed by atoms with E-state index in [1.54, 1.807) is 30.5 Å². The summed E-state index contributed by atoms with van der Waals surface area (Å²) in [5, 5.41) is 3.29. The lowest BCUT2D eigenvalue weighted by Gasteiger charge is -2.20. The quantitative estimate of drug-likeness (QED) is 0.872. The van der Waals surface area contributed by atoms with Crippen molar-refractivity contribution in [1.82, 2.24) is 4.98 Å². The Morgan fingerprint density at radius 2 is 2.00 bits per heavy atom. The molecule has 0 bridgehead atoms. The lowest BCUT2D eigenvalue weighted by Crippen LogP contribution is -2.22. The highest BCUT2D eigenvalue weighted by Crippen LogP contribution is 2.28.